The topological polar surface area (TPSA) is 79.7 Å². The highest BCUT2D eigenvalue weighted by atomic mass is 32.1. The highest BCUT2D eigenvalue weighted by Crippen LogP contribution is 2.30. The van der Waals surface area contributed by atoms with Gasteiger partial charge in [0.1, 0.15) is 5.01 Å². The number of amides is 1. The van der Waals surface area contributed by atoms with Crippen LogP contribution >= 0.6 is 20.0 Å². The summed E-state index contributed by atoms with van der Waals surface area (Å²) in [7, 11) is -1.17. The van der Waals surface area contributed by atoms with E-state index in [0.717, 1.165) is 34.5 Å². The molecule has 4 rings (SSSR count). The molecule has 3 aromatic rings. The normalized spacial score (nSPS) is 16.6. The average molecular weight is 417 g/mol. The number of carbonyl (C=O) groups is 1. The van der Waals surface area contributed by atoms with E-state index in [9.17, 15) is 4.79 Å². The number of cyclic esters (lactones) is 1. The summed E-state index contributed by atoms with van der Waals surface area (Å²) in [6.45, 7) is 3.24. The zero-order chi connectivity index (χ0) is 19.9. The molecule has 2 heterocycles. The molecular weight excluding hydrogens is 395 g/mol. The summed E-state index contributed by atoms with van der Waals surface area (Å²) in [6.07, 6.45) is 1.67. The summed E-state index contributed by atoms with van der Waals surface area (Å²) >= 11 is 1.70. The van der Waals surface area contributed by atoms with E-state index in [4.69, 9.17) is 19.2 Å². The number of para-hydroxylation sites is 1. The minimum Gasteiger partial charge on any atom is -0.449 e. The van der Waals surface area contributed by atoms with Crippen molar-refractivity contribution in [1.82, 2.24) is 9.88 Å². The SMILES string of the molecule is CCC1CCOC(=O)N1Cc1ccc(-c2nc3ccccc3s2)cc1.O=[PH+]O. The van der Waals surface area contributed by atoms with E-state index in [1.165, 1.54) is 4.70 Å². The van der Waals surface area contributed by atoms with Crippen LogP contribution in [-0.4, -0.2) is 33.5 Å². The molecule has 1 aliphatic heterocycles. The lowest BCUT2D eigenvalue weighted by Crippen LogP contribution is -2.44. The minimum atomic E-state index is -1.17. The van der Waals surface area contributed by atoms with Crippen LogP contribution in [0.4, 0.5) is 4.79 Å². The third-order valence-corrected chi connectivity index (χ3v) is 5.76. The van der Waals surface area contributed by atoms with Crippen molar-refractivity contribution < 1.29 is 19.0 Å². The van der Waals surface area contributed by atoms with Gasteiger partial charge >= 0.3 is 14.8 Å². The van der Waals surface area contributed by atoms with Crippen LogP contribution in [-0.2, 0) is 15.8 Å². The van der Waals surface area contributed by atoms with Gasteiger partial charge in [-0.1, -0.05) is 43.3 Å². The predicted molar refractivity (Wildman–Crippen MR) is 112 cm³/mol. The molecule has 0 saturated carbocycles. The molecule has 1 aromatic heterocycles. The summed E-state index contributed by atoms with van der Waals surface area (Å²) in [5.74, 6) is 0. The first-order chi connectivity index (χ1) is 13.7. The van der Waals surface area contributed by atoms with Gasteiger partial charge in [0, 0.05) is 24.6 Å². The first kappa shape index (κ1) is 20.4. The van der Waals surface area contributed by atoms with Crippen molar-refractivity contribution in [3.05, 3.63) is 54.1 Å². The maximum Gasteiger partial charge on any atom is 0.491 e. The number of fused-ring (bicyclic) bond motifs is 1. The Morgan fingerprint density at radius 2 is 1.96 bits per heavy atom. The molecule has 0 aliphatic carbocycles. The van der Waals surface area contributed by atoms with Gasteiger partial charge in [-0.05, 0) is 28.7 Å². The number of carbonyl (C=O) groups excluding carboxylic acids is 1. The molecule has 0 radical (unpaired) electrons. The Hall–Kier alpha value is -2.34. The molecule has 1 saturated heterocycles. The molecule has 28 heavy (non-hydrogen) atoms. The molecule has 0 spiro atoms. The zero-order valence-electron chi connectivity index (χ0n) is 15.5. The lowest BCUT2D eigenvalue weighted by Gasteiger charge is -2.34. The molecule has 0 bridgehead atoms. The molecule has 2 atom stereocenters. The maximum absolute atomic E-state index is 12.1. The Balaban J connectivity index is 0.000000706. The number of nitrogens with zero attached hydrogens (tertiary/aromatic N) is 2. The molecule has 146 valence electrons. The fourth-order valence-corrected chi connectivity index (χ4v) is 4.20. The summed E-state index contributed by atoms with van der Waals surface area (Å²) in [4.78, 5) is 25.6. The van der Waals surface area contributed by atoms with E-state index in [1.807, 2.05) is 23.1 Å². The van der Waals surface area contributed by atoms with Gasteiger partial charge in [0.05, 0.1) is 16.8 Å². The highest BCUT2D eigenvalue weighted by Gasteiger charge is 2.28. The van der Waals surface area contributed by atoms with Crippen molar-refractivity contribution in [3.8, 4) is 10.6 Å². The molecule has 8 heteroatoms. The molecule has 6 nitrogen and oxygen atoms in total. The third kappa shape index (κ3) is 4.73. The van der Waals surface area contributed by atoms with Crippen molar-refractivity contribution in [2.24, 2.45) is 0 Å². The second-order valence-corrected chi connectivity index (χ2v) is 7.58. The van der Waals surface area contributed by atoms with Crippen LogP contribution < -0.4 is 0 Å². The molecule has 1 N–H and O–H groups in total. The largest absolute Gasteiger partial charge is 0.491 e. The van der Waals surface area contributed by atoms with E-state index in [1.54, 1.807) is 11.3 Å². The number of rotatable bonds is 4. The number of hydrogen-bond acceptors (Lipinski definition) is 5. The lowest BCUT2D eigenvalue weighted by molar-refractivity contribution is 0.0394. The van der Waals surface area contributed by atoms with E-state index in [-0.39, 0.29) is 12.1 Å². The van der Waals surface area contributed by atoms with Gasteiger partial charge in [-0.3, -0.25) is 0 Å². The predicted octanol–water partition coefficient (Wildman–Crippen LogP) is 5.00. The van der Waals surface area contributed by atoms with Crippen LogP contribution in [0.15, 0.2) is 48.5 Å². The van der Waals surface area contributed by atoms with Crippen LogP contribution in [0.1, 0.15) is 25.3 Å². The molecule has 2 aromatic carbocycles. The van der Waals surface area contributed by atoms with Gasteiger partial charge in [0.15, 0.2) is 0 Å². The van der Waals surface area contributed by atoms with Crippen molar-refractivity contribution in [2.75, 3.05) is 6.61 Å². The summed E-state index contributed by atoms with van der Waals surface area (Å²) < 4.78 is 14.9. The van der Waals surface area contributed by atoms with Gasteiger partial charge < -0.3 is 9.64 Å². The molecule has 1 aliphatic rings. The smallest absolute Gasteiger partial charge is 0.449 e. The van der Waals surface area contributed by atoms with Gasteiger partial charge in [0.25, 0.3) is 0 Å². The number of ether oxygens (including phenoxy) is 1. The highest BCUT2D eigenvalue weighted by molar-refractivity contribution is 7.21. The van der Waals surface area contributed by atoms with Crippen molar-refractivity contribution >= 4 is 36.3 Å². The number of hydrogen-bond donors (Lipinski definition) is 1. The second kappa shape index (κ2) is 9.73. The Kier molecular flexibility index (Phi) is 7.09. The van der Waals surface area contributed by atoms with E-state index >= 15 is 0 Å². The Morgan fingerprint density at radius 3 is 2.64 bits per heavy atom. The summed E-state index contributed by atoms with van der Waals surface area (Å²) in [6, 6.07) is 16.8. The second-order valence-electron chi connectivity index (χ2n) is 6.37. The zero-order valence-corrected chi connectivity index (χ0v) is 17.3. The Labute approximate surface area is 169 Å². The van der Waals surface area contributed by atoms with Crippen molar-refractivity contribution in [2.45, 2.75) is 32.4 Å². The molecule has 1 amide bonds. The Bertz CT molecular complexity index is 912. The molecular formula is C20H22N2O4PS+. The number of aromatic nitrogens is 1. The minimum absolute atomic E-state index is 0.201. The van der Waals surface area contributed by atoms with E-state index < -0.39 is 8.69 Å². The van der Waals surface area contributed by atoms with E-state index in [2.05, 4.69) is 37.3 Å². The van der Waals surface area contributed by atoms with Crippen LogP contribution in [0.5, 0.6) is 0 Å². The van der Waals surface area contributed by atoms with Crippen LogP contribution in [0.3, 0.4) is 0 Å². The van der Waals surface area contributed by atoms with Crippen LogP contribution in [0.2, 0.25) is 0 Å². The van der Waals surface area contributed by atoms with Crippen LogP contribution in [0.25, 0.3) is 20.8 Å². The van der Waals surface area contributed by atoms with Gasteiger partial charge in [-0.25, -0.2) is 9.78 Å². The summed E-state index contributed by atoms with van der Waals surface area (Å²) in [5, 5.41) is 1.02. The first-order valence-electron chi connectivity index (χ1n) is 9.05. The quantitative estimate of drug-likeness (QED) is 0.604. The number of thiazole rings is 1. The third-order valence-electron chi connectivity index (χ3n) is 4.67. The van der Waals surface area contributed by atoms with E-state index in [0.29, 0.717) is 13.2 Å². The first-order valence-corrected chi connectivity index (χ1v) is 10.7. The molecule has 1 fully saturated rings. The maximum atomic E-state index is 12.1. The molecule has 2 unspecified atom stereocenters. The van der Waals surface area contributed by atoms with Crippen LogP contribution in [0, 0.1) is 0 Å². The average Bonchev–Trinajstić information content (AvgIpc) is 3.15. The van der Waals surface area contributed by atoms with Gasteiger partial charge in [-0.15, -0.1) is 11.3 Å². The summed E-state index contributed by atoms with van der Waals surface area (Å²) in [5.41, 5.74) is 3.26. The standard InChI is InChI=1S/C20H20N2O2S.HO2P/c1-2-16-11-12-24-20(23)22(16)13-14-7-9-15(10-8-14)19-21-17-5-3-4-6-18(17)25-19;1-3-2/h3-10,16H,2,11-13H2,1H3;3H/p+1. The lowest BCUT2D eigenvalue weighted by atomic mass is 10.1. The van der Waals surface area contributed by atoms with Gasteiger partial charge in [-0.2, -0.15) is 4.89 Å². The van der Waals surface area contributed by atoms with Gasteiger partial charge in [0.2, 0.25) is 0 Å². The fraction of sp³-hybridized carbons (Fsp3) is 0.300. The van der Waals surface area contributed by atoms with Crippen molar-refractivity contribution in [3.63, 3.8) is 0 Å². The fourth-order valence-electron chi connectivity index (χ4n) is 3.23. The van der Waals surface area contributed by atoms with Crippen molar-refractivity contribution in [1.29, 1.82) is 0 Å². The monoisotopic (exact) mass is 417 g/mol. The number of benzene rings is 2. The Morgan fingerprint density at radius 1 is 1.25 bits per heavy atom.